The lowest BCUT2D eigenvalue weighted by molar-refractivity contribution is -0.153. The van der Waals surface area contributed by atoms with Crippen LogP contribution < -0.4 is 10.6 Å². The van der Waals surface area contributed by atoms with Gasteiger partial charge in [0, 0.05) is 37.8 Å². The number of Topliss-reactive ketones (excluding diaryl/α,β-unsaturated/α-hetero) is 2. The van der Waals surface area contributed by atoms with Gasteiger partial charge in [0.05, 0.1) is 11.6 Å². The summed E-state index contributed by atoms with van der Waals surface area (Å²) < 4.78 is 0. The number of fused-ring (bicyclic) bond motifs is 3. The number of hydrogen-bond donors (Lipinski definition) is 5. The summed E-state index contributed by atoms with van der Waals surface area (Å²) in [5.74, 6) is -6.57. The third-order valence-electron chi connectivity index (χ3n) is 7.71. The van der Waals surface area contributed by atoms with Gasteiger partial charge in [0.1, 0.15) is 22.8 Å². The van der Waals surface area contributed by atoms with Crippen LogP contribution in [0.2, 0.25) is 0 Å². The Hall–Kier alpha value is -3.41. The van der Waals surface area contributed by atoms with Crippen LogP contribution in [-0.2, 0) is 27.3 Å². The van der Waals surface area contributed by atoms with Crippen molar-refractivity contribution in [3.63, 3.8) is 0 Å². The molecule has 11 nitrogen and oxygen atoms in total. The van der Waals surface area contributed by atoms with E-state index in [1.165, 1.54) is 4.90 Å². The molecule has 3 aliphatic carbocycles. The van der Waals surface area contributed by atoms with Crippen molar-refractivity contribution in [1.82, 2.24) is 9.80 Å². The standard InChI is InChI=1S/C26H34N4O7/c1-28(2)10-12-9-15(31)17-13(19(12)29(3)4)7-11-8-14-20(30(5)6)22(33)18(25(27)36)24(35)26(14,37)23(34)16(11)21(17)32/h9,11,14,20,31-32,35,37H,7-8,10H2,1-6H3,(H2,27,36)/t11-,14-,20-,26-/m0/s1. The van der Waals surface area contributed by atoms with Crippen LogP contribution in [0, 0.1) is 11.8 Å². The molecule has 0 spiro atoms. The first-order valence-electron chi connectivity index (χ1n) is 12.0. The van der Waals surface area contributed by atoms with Crippen LogP contribution in [0.5, 0.6) is 5.75 Å². The van der Waals surface area contributed by atoms with Gasteiger partial charge in [-0.15, -0.1) is 0 Å². The van der Waals surface area contributed by atoms with Gasteiger partial charge in [0.25, 0.3) is 5.91 Å². The van der Waals surface area contributed by atoms with Crippen molar-refractivity contribution in [2.75, 3.05) is 47.2 Å². The quantitative estimate of drug-likeness (QED) is 0.340. The van der Waals surface area contributed by atoms with Crippen molar-refractivity contribution in [3.05, 3.63) is 39.7 Å². The Morgan fingerprint density at radius 3 is 2.24 bits per heavy atom. The molecule has 0 aromatic heterocycles. The van der Waals surface area contributed by atoms with E-state index in [0.717, 1.165) is 11.3 Å². The number of amides is 1. The van der Waals surface area contributed by atoms with Crippen LogP contribution in [0.4, 0.5) is 5.69 Å². The van der Waals surface area contributed by atoms with Crippen molar-refractivity contribution < 1.29 is 34.8 Å². The van der Waals surface area contributed by atoms with Gasteiger partial charge in [0.15, 0.2) is 11.4 Å². The zero-order chi connectivity index (χ0) is 27.7. The molecule has 3 aliphatic rings. The Bertz CT molecular complexity index is 1280. The van der Waals surface area contributed by atoms with Crippen LogP contribution in [-0.4, -0.2) is 102 Å². The predicted octanol–water partition coefficient (Wildman–Crippen LogP) is 0.0916. The average molecular weight is 515 g/mol. The molecule has 0 unspecified atom stereocenters. The van der Waals surface area contributed by atoms with E-state index in [1.54, 1.807) is 20.2 Å². The monoisotopic (exact) mass is 514 g/mol. The SMILES string of the molecule is CN(C)Cc1cc(O)c2c(c1N(C)C)C[C@H]1C[C@H]3[C@H](N(C)C)C(=O)C(C(N)=O)=C(O)[C@@]3(O)C(=O)C1=C2O. The number of rotatable bonds is 5. The van der Waals surface area contributed by atoms with Gasteiger partial charge in [-0.05, 0) is 64.1 Å². The molecule has 0 saturated heterocycles. The van der Waals surface area contributed by atoms with E-state index < -0.39 is 58.0 Å². The number of likely N-dealkylation sites (N-methyl/N-ethyl adjacent to an activating group) is 1. The number of aliphatic hydroxyl groups is 3. The summed E-state index contributed by atoms with van der Waals surface area (Å²) in [7, 11) is 10.6. The lowest BCUT2D eigenvalue weighted by Gasteiger charge is -2.50. The minimum absolute atomic E-state index is 0.0529. The zero-order valence-corrected chi connectivity index (χ0v) is 21.9. The average Bonchev–Trinajstić information content (AvgIpc) is 2.74. The number of anilines is 1. The Balaban J connectivity index is 1.99. The lowest BCUT2D eigenvalue weighted by atomic mass is 9.57. The number of carbonyl (C=O) groups excluding carboxylic acids is 3. The predicted molar refractivity (Wildman–Crippen MR) is 136 cm³/mol. The second-order valence-corrected chi connectivity index (χ2v) is 10.9. The van der Waals surface area contributed by atoms with Crippen molar-refractivity contribution in [2.24, 2.45) is 17.6 Å². The smallest absolute Gasteiger partial charge is 0.255 e. The molecular formula is C26H34N4O7. The van der Waals surface area contributed by atoms with Gasteiger partial charge in [-0.3, -0.25) is 19.3 Å². The Morgan fingerprint density at radius 2 is 1.73 bits per heavy atom. The fraction of sp³-hybridized carbons (Fsp3) is 0.500. The number of benzene rings is 1. The zero-order valence-electron chi connectivity index (χ0n) is 21.9. The number of aromatic hydroxyl groups is 1. The summed E-state index contributed by atoms with van der Waals surface area (Å²) in [6, 6.07) is 0.430. The molecular weight excluding hydrogens is 480 g/mol. The van der Waals surface area contributed by atoms with Crippen LogP contribution >= 0.6 is 0 Å². The van der Waals surface area contributed by atoms with Gasteiger partial charge in [-0.25, -0.2) is 0 Å². The van der Waals surface area contributed by atoms with E-state index in [2.05, 4.69) is 0 Å². The van der Waals surface area contributed by atoms with E-state index >= 15 is 0 Å². The molecule has 1 aromatic carbocycles. The number of carbonyl (C=O) groups is 3. The molecule has 1 fully saturated rings. The van der Waals surface area contributed by atoms with E-state index in [1.807, 2.05) is 38.0 Å². The summed E-state index contributed by atoms with van der Waals surface area (Å²) in [6.07, 6.45) is 0.300. The van der Waals surface area contributed by atoms with Crippen LogP contribution in [0.25, 0.3) is 5.76 Å². The molecule has 1 amide bonds. The molecule has 0 radical (unpaired) electrons. The molecule has 1 saturated carbocycles. The third-order valence-corrected chi connectivity index (χ3v) is 7.71. The first-order valence-corrected chi connectivity index (χ1v) is 12.0. The fourth-order valence-electron chi connectivity index (χ4n) is 6.39. The summed E-state index contributed by atoms with van der Waals surface area (Å²) in [5.41, 5.74) is 4.07. The summed E-state index contributed by atoms with van der Waals surface area (Å²) in [5, 5.41) is 44.9. The molecule has 0 aliphatic heterocycles. The number of nitrogens with two attached hydrogens (primary N) is 1. The highest BCUT2D eigenvalue weighted by atomic mass is 16.3. The van der Waals surface area contributed by atoms with Gasteiger partial charge in [0.2, 0.25) is 5.78 Å². The van der Waals surface area contributed by atoms with E-state index in [9.17, 15) is 34.8 Å². The number of aliphatic hydroxyl groups excluding tert-OH is 2. The number of hydrogen-bond acceptors (Lipinski definition) is 10. The molecule has 4 atom stereocenters. The molecule has 0 heterocycles. The van der Waals surface area contributed by atoms with Gasteiger partial charge in [-0.2, -0.15) is 0 Å². The van der Waals surface area contributed by atoms with Gasteiger partial charge in [-0.1, -0.05) is 0 Å². The minimum atomic E-state index is -2.64. The van der Waals surface area contributed by atoms with Gasteiger partial charge >= 0.3 is 0 Å². The van der Waals surface area contributed by atoms with Crippen molar-refractivity contribution >= 4 is 28.9 Å². The van der Waals surface area contributed by atoms with E-state index in [0.29, 0.717) is 12.1 Å². The van der Waals surface area contributed by atoms with Crippen molar-refractivity contribution in [1.29, 1.82) is 0 Å². The first-order chi connectivity index (χ1) is 17.1. The maximum atomic E-state index is 13.9. The second-order valence-electron chi connectivity index (χ2n) is 10.9. The number of nitrogens with zero attached hydrogens (tertiary/aromatic N) is 3. The maximum absolute atomic E-state index is 13.9. The summed E-state index contributed by atoms with van der Waals surface area (Å²) in [4.78, 5) is 44.5. The Labute approximate surface area is 215 Å². The fourth-order valence-corrected chi connectivity index (χ4v) is 6.39. The number of primary amides is 1. The topological polar surface area (TPSA) is 168 Å². The minimum Gasteiger partial charge on any atom is -0.508 e. The first kappa shape index (κ1) is 26.6. The highest BCUT2D eigenvalue weighted by Gasteiger charge is 2.64. The normalized spacial score (nSPS) is 27.4. The van der Waals surface area contributed by atoms with E-state index in [4.69, 9.17) is 5.73 Å². The molecule has 1 aromatic rings. The van der Waals surface area contributed by atoms with Gasteiger partial charge < -0.3 is 36.0 Å². The molecule has 6 N–H and O–H groups in total. The number of phenolic OH excluding ortho intramolecular Hbond substituents is 1. The molecule has 200 valence electrons. The molecule has 11 heteroatoms. The van der Waals surface area contributed by atoms with Crippen molar-refractivity contribution in [2.45, 2.75) is 31.0 Å². The Morgan fingerprint density at radius 1 is 1.11 bits per heavy atom. The van der Waals surface area contributed by atoms with Crippen LogP contribution in [0.1, 0.15) is 23.1 Å². The van der Waals surface area contributed by atoms with Crippen LogP contribution in [0.3, 0.4) is 0 Å². The highest BCUT2D eigenvalue weighted by Crippen LogP contribution is 2.54. The maximum Gasteiger partial charge on any atom is 0.255 e. The molecule has 4 rings (SSSR count). The summed E-state index contributed by atoms with van der Waals surface area (Å²) in [6.45, 7) is 0.517. The highest BCUT2D eigenvalue weighted by molar-refractivity contribution is 6.24. The second kappa shape index (κ2) is 8.86. The largest absolute Gasteiger partial charge is 0.508 e. The Kier molecular flexibility index (Phi) is 6.38. The van der Waals surface area contributed by atoms with Crippen LogP contribution in [0.15, 0.2) is 23.0 Å². The molecule has 37 heavy (non-hydrogen) atoms. The third kappa shape index (κ3) is 3.72. The molecule has 0 bridgehead atoms. The van der Waals surface area contributed by atoms with E-state index in [-0.39, 0.29) is 29.7 Å². The van der Waals surface area contributed by atoms with Crippen molar-refractivity contribution in [3.8, 4) is 5.75 Å². The summed E-state index contributed by atoms with van der Waals surface area (Å²) >= 11 is 0. The number of phenols is 1. The number of ketones is 2. The lowest BCUT2D eigenvalue weighted by Crippen LogP contribution is -2.65.